The van der Waals surface area contributed by atoms with E-state index in [0.717, 1.165) is 12.8 Å². The van der Waals surface area contributed by atoms with E-state index in [0.29, 0.717) is 13.2 Å². The molecular weight excluding hydrogens is 326 g/mol. The van der Waals surface area contributed by atoms with Crippen LogP contribution in [0.5, 0.6) is 0 Å². The molecule has 2 aliphatic rings. The third kappa shape index (κ3) is 3.00. The molecule has 4 rings (SSSR count). The Kier molecular flexibility index (Phi) is 4.49. The number of hydrogen-bond acceptors (Lipinski definition) is 3. The maximum atomic E-state index is 12.5. The Morgan fingerprint density at radius 2 is 1.69 bits per heavy atom. The van der Waals surface area contributed by atoms with Crippen molar-refractivity contribution in [2.24, 2.45) is 5.92 Å². The Labute approximate surface area is 153 Å². The highest BCUT2D eigenvalue weighted by atomic mass is 16.6. The predicted molar refractivity (Wildman–Crippen MR) is 100 cm³/mol. The van der Waals surface area contributed by atoms with Gasteiger partial charge in [-0.15, -0.1) is 0 Å². The topological polar surface area (TPSA) is 46.6 Å². The molecule has 1 amide bonds. The summed E-state index contributed by atoms with van der Waals surface area (Å²) in [7, 11) is 0. The lowest BCUT2D eigenvalue weighted by Crippen LogP contribution is -2.36. The number of benzene rings is 2. The first kappa shape index (κ1) is 16.8. The van der Waals surface area contributed by atoms with Gasteiger partial charge in [0.15, 0.2) is 5.78 Å². The minimum absolute atomic E-state index is 0.0291. The van der Waals surface area contributed by atoms with Crippen molar-refractivity contribution in [1.29, 1.82) is 0 Å². The van der Waals surface area contributed by atoms with Gasteiger partial charge in [0.05, 0.1) is 6.54 Å². The van der Waals surface area contributed by atoms with Gasteiger partial charge in [-0.05, 0) is 35.1 Å². The smallest absolute Gasteiger partial charge is 0.410 e. The van der Waals surface area contributed by atoms with Crippen molar-refractivity contribution in [3.05, 3.63) is 59.7 Å². The molecule has 0 N–H and O–H groups in total. The van der Waals surface area contributed by atoms with E-state index in [1.165, 1.54) is 22.3 Å². The summed E-state index contributed by atoms with van der Waals surface area (Å²) in [6, 6.07) is 16.6. The number of ketones is 1. The molecule has 0 saturated carbocycles. The summed E-state index contributed by atoms with van der Waals surface area (Å²) >= 11 is 0. The van der Waals surface area contributed by atoms with Gasteiger partial charge in [-0.3, -0.25) is 4.79 Å². The van der Waals surface area contributed by atoms with Crippen LogP contribution in [0.25, 0.3) is 11.1 Å². The van der Waals surface area contributed by atoms with Crippen molar-refractivity contribution in [1.82, 2.24) is 4.90 Å². The zero-order chi connectivity index (χ0) is 18.1. The van der Waals surface area contributed by atoms with E-state index < -0.39 is 0 Å². The van der Waals surface area contributed by atoms with Crippen LogP contribution in [-0.4, -0.2) is 36.5 Å². The fourth-order valence-corrected chi connectivity index (χ4v) is 4.01. The van der Waals surface area contributed by atoms with E-state index >= 15 is 0 Å². The van der Waals surface area contributed by atoms with Crippen LogP contribution in [0.3, 0.4) is 0 Å². The van der Waals surface area contributed by atoms with Gasteiger partial charge in [-0.25, -0.2) is 4.79 Å². The lowest BCUT2D eigenvalue weighted by Gasteiger charge is -2.21. The molecular formula is C22H23NO3. The Balaban J connectivity index is 1.49. The number of hydrogen-bond donors (Lipinski definition) is 0. The van der Waals surface area contributed by atoms with Crippen molar-refractivity contribution in [3.8, 4) is 11.1 Å². The zero-order valence-electron chi connectivity index (χ0n) is 15.0. The highest BCUT2D eigenvalue weighted by Gasteiger charge is 2.30. The van der Waals surface area contributed by atoms with E-state index in [9.17, 15) is 9.59 Å². The number of carbonyl (C=O) groups is 2. The van der Waals surface area contributed by atoms with Crippen molar-refractivity contribution in [2.45, 2.75) is 25.7 Å². The standard InChI is InChI=1S/C22H23NO3/c1-15-7-6-12-23(13-21(15)24)22(25)26-14-20-18-10-4-2-8-16(18)17-9-3-5-11-19(17)20/h2-5,8-11,15,20H,6-7,12-14H2,1H3. The van der Waals surface area contributed by atoms with Crippen molar-refractivity contribution in [2.75, 3.05) is 19.7 Å². The van der Waals surface area contributed by atoms with Crippen molar-refractivity contribution < 1.29 is 14.3 Å². The second kappa shape index (κ2) is 6.94. The number of amides is 1. The van der Waals surface area contributed by atoms with Crippen LogP contribution in [0.1, 0.15) is 36.8 Å². The SMILES string of the molecule is CC1CCCN(C(=O)OCC2c3ccccc3-c3ccccc32)CC1=O. The van der Waals surface area contributed by atoms with Crippen LogP contribution in [0.2, 0.25) is 0 Å². The molecule has 0 bridgehead atoms. The predicted octanol–water partition coefficient (Wildman–Crippen LogP) is 4.24. The monoisotopic (exact) mass is 349 g/mol. The number of fused-ring (bicyclic) bond motifs is 3. The van der Waals surface area contributed by atoms with Gasteiger partial charge < -0.3 is 9.64 Å². The zero-order valence-corrected chi connectivity index (χ0v) is 15.0. The molecule has 1 aliphatic heterocycles. The molecule has 0 radical (unpaired) electrons. The Hall–Kier alpha value is -2.62. The summed E-state index contributed by atoms with van der Waals surface area (Å²) in [4.78, 5) is 26.2. The lowest BCUT2D eigenvalue weighted by atomic mass is 9.98. The molecule has 1 fully saturated rings. The summed E-state index contributed by atoms with van der Waals surface area (Å²) in [5, 5.41) is 0. The highest BCUT2D eigenvalue weighted by Crippen LogP contribution is 2.44. The summed E-state index contributed by atoms with van der Waals surface area (Å²) < 4.78 is 5.65. The molecule has 0 aromatic heterocycles. The molecule has 1 unspecified atom stereocenters. The quantitative estimate of drug-likeness (QED) is 0.815. The molecule has 4 nitrogen and oxygen atoms in total. The molecule has 1 aliphatic carbocycles. The number of rotatable bonds is 2. The van der Waals surface area contributed by atoms with Gasteiger partial charge in [0.25, 0.3) is 0 Å². The molecule has 2 aromatic carbocycles. The fourth-order valence-electron chi connectivity index (χ4n) is 4.01. The lowest BCUT2D eigenvalue weighted by molar-refractivity contribution is -0.122. The largest absolute Gasteiger partial charge is 0.448 e. The average molecular weight is 349 g/mol. The van der Waals surface area contributed by atoms with Crippen LogP contribution in [0, 0.1) is 5.92 Å². The molecule has 0 spiro atoms. The molecule has 1 saturated heterocycles. The molecule has 2 aromatic rings. The van der Waals surface area contributed by atoms with Gasteiger partial charge >= 0.3 is 6.09 Å². The number of nitrogens with zero attached hydrogens (tertiary/aromatic N) is 1. The number of carbonyl (C=O) groups excluding carboxylic acids is 2. The third-order valence-corrected chi connectivity index (χ3v) is 5.56. The summed E-state index contributed by atoms with van der Waals surface area (Å²) in [6.07, 6.45) is 1.30. The molecule has 1 atom stereocenters. The minimum atomic E-state index is -0.380. The number of likely N-dealkylation sites (tertiary alicyclic amines) is 1. The summed E-state index contributed by atoms with van der Waals surface area (Å²) in [5.41, 5.74) is 4.81. The number of Topliss-reactive ketones (excluding diaryl/α,β-unsaturated/α-hetero) is 1. The first-order valence-corrected chi connectivity index (χ1v) is 9.28. The van der Waals surface area contributed by atoms with Crippen LogP contribution in [0.4, 0.5) is 4.79 Å². The van der Waals surface area contributed by atoms with Crippen LogP contribution < -0.4 is 0 Å². The Morgan fingerprint density at radius 3 is 2.35 bits per heavy atom. The third-order valence-electron chi connectivity index (χ3n) is 5.56. The van der Waals surface area contributed by atoms with E-state index in [1.54, 1.807) is 4.90 Å². The first-order chi connectivity index (χ1) is 12.6. The van der Waals surface area contributed by atoms with Crippen LogP contribution in [0.15, 0.2) is 48.5 Å². The molecule has 26 heavy (non-hydrogen) atoms. The maximum absolute atomic E-state index is 12.5. The van der Waals surface area contributed by atoms with E-state index in [1.807, 2.05) is 31.2 Å². The normalized spacial score (nSPS) is 19.7. The second-order valence-electron chi connectivity index (χ2n) is 7.24. The molecule has 134 valence electrons. The fraction of sp³-hybridized carbons (Fsp3) is 0.364. The van der Waals surface area contributed by atoms with Crippen molar-refractivity contribution in [3.63, 3.8) is 0 Å². The van der Waals surface area contributed by atoms with Gasteiger partial charge in [0, 0.05) is 18.4 Å². The average Bonchev–Trinajstić information content (AvgIpc) is 2.88. The van der Waals surface area contributed by atoms with Gasteiger partial charge in [-0.2, -0.15) is 0 Å². The minimum Gasteiger partial charge on any atom is -0.448 e. The van der Waals surface area contributed by atoms with Crippen LogP contribution >= 0.6 is 0 Å². The van der Waals surface area contributed by atoms with Gasteiger partial charge in [0.2, 0.25) is 0 Å². The first-order valence-electron chi connectivity index (χ1n) is 9.28. The molecule has 4 heteroatoms. The van der Waals surface area contributed by atoms with Gasteiger partial charge in [-0.1, -0.05) is 55.5 Å². The van der Waals surface area contributed by atoms with Crippen LogP contribution in [-0.2, 0) is 9.53 Å². The van der Waals surface area contributed by atoms with E-state index in [4.69, 9.17) is 4.74 Å². The van der Waals surface area contributed by atoms with E-state index in [-0.39, 0.29) is 30.3 Å². The highest BCUT2D eigenvalue weighted by molar-refractivity contribution is 5.86. The summed E-state index contributed by atoms with van der Waals surface area (Å²) in [5.74, 6) is 0.199. The Bertz CT molecular complexity index is 799. The maximum Gasteiger partial charge on any atom is 0.410 e. The second-order valence-corrected chi connectivity index (χ2v) is 7.24. The Morgan fingerprint density at radius 1 is 1.08 bits per heavy atom. The summed E-state index contributed by atoms with van der Waals surface area (Å²) in [6.45, 7) is 2.99. The van der Waals surface area contributed by atoms with Gasteiger partial charge in [0.1, 0.15) is 6.61 Å². The molecule has 1 heterocycles. The number of ether oxygens (including phenoxy) is 1. The van der Waals surface area contributed by atoms with Crippen molar-refractivity contribution >= 4 is 11.9 Å². The van der Waals surface area contributed by atoms with E-state index in [2.05, 4.69) is 24.3 Å².